The number of hydrogen-bond donors (Lipinski definition) is 2. The molecule has 1 aliphatic heterocycles. The van der Waals surface area contributed by atoms with Gasteiger partial charge in [-0.3, -0.25) is 4.79 Å². The van der Waals surface area contributed by atoms with Crippen molar-refractivity contribution in [2.45, 2.75) is 42.8 Å². The number of carbonyl (C=O) groups is 1. The Bertz CT molecular complexity index is 888. The molecule has 2 aromatic carbocycles. The van der Waals surface area contributed by atoms with E-state index in [0.29, 0.717) is 19.6 Å². The highest BCUT2D eigenvalue weighted by Crippen LogP contribution is 2.19. The molecule has 2 N–H and O–H groups in total. The number of rotatable bonds is 6. The lowest BCUT2D eigenvalue weighted by atomic mass is 10.1. The number of nitrogens with one attached hydrogen (secondary N) is 2. The topological polar surface area (TPSA) is 84.5 Å². The van der Waals surface area contributed by atoms with Gasteiger partial charge in [-0.25, -0.2) is 13.1 Å². The molecule has 0 spiro atoms. The summed E-state index contributed by atoms with van der Waals surface area (Å²) in [7, 11) is -3.76. The fraction of sp³-hybridized carbons (Fsp3) is 0.350. The van der Waals surface area contributed by atoms with Gasteiger partial charge in [-0.15, -0.1) is 0 Å². The van der Waals surface area contributed by atoms with Gasteiger partial charge in [0.25, 0.3) is 5.91 Å². The second-order valence-electron chi connectivity index (χ2n) is 6.67. The lowest BCUT2D eigenvalue weighted by molar-refractivity contribution is -0.134. The highest BCUT2D eigenvalue weighted by atomic mass is 79.9. The van der Waals surface area contributed by atoms with Crippen LogP contribution < -0.4 is 10.0 Å². The van der Waals surface area contributed by atoms with Crippen LogP contribution in [0.1, 0.15) is 24.8 Å². The normalized spacial score (nSPS) is 20.3. The Morgan fingerprint density at radius 1 is 1.07 bits per heavy atom. The Kier molecular flexibility index (Phi) is 7.23. The first-order chi connectivity index (χ1) is 13.5. The van der Waals surface area contributed by atoms with Crippen molar-refractivity contribution in [1.29, 1.82) is 0 Å². The van der Waals surface area contributed by atoms with Crippen LogP contribution in [0.15, 0.2) is 64.0 Å². The Hall–Kier alpha value is -1.74. The third-order valence-corrected chi connectivity index (χ3v) is 6.61. The van der Waals surface area contributed by atoms with Gasteiger partial charge in [-0.1, -0.05) is 46.3 Å². The van der Waals surface area contributed by atoms with E-state index in [1.54, 1.807) is 12.1 Å². The van der Waals surface area contributed by atoms with E-state index in [4.69, 9.17) is 4.74 Å². The predicted molar refractivity (Wildman–Crippen MR) is 110 cm³/mol. The maximum atomic E-state index is 12.8. The van der Waals surface area contributed by atoms with Crippen LogP contribution in [0.5, 0.6) is 0 Å². The predicted octanol–water partition coefficient (Wildman–Crippen LogP) is 2.98. The molecule has 2 aromatic rings. The number of halogens is 1. The van der Waals surface area contributed by atoms with Gasteiger partial charge in [0, 0.05) is 17.6 Å². The fourth-order valence-electron chi connectivity index (χ4n) is 3.09. The summed E-state index contributed by atoms with van der Waals surface area (Å²) in [5.41, 5.74) is 0.969. The van der Waals surface area contributed by atoms with Crippen LogP contribution in [0.4, 0.5) is 0 Å². The van der Waals surface area contributed by atoms with Crippen molar-refractivity contribution in [3.05, 3.63) is 64.6 Å². The van der Waals surface area contributed by atoms with Gasteiger partial charge in [0.15, 0.2) is 6.10 Å². The van der Waals surface area contributed by atoms with E-state index >= 15 is 0 Å². The zero-order valence-corrected chi connectivity index (χ0v) is 17.7. The summed E-state index contributed by atoms with van der Waals surface area (Å²) in [6.45, 7) is 0.797. The summed E-state index contributed by atoms with van der Waals surface area (Å²) in [6, 6.07) is 15.3. The molecule has 1 aliphatic rings. The third-order valence-electron chi connectivity index (χ3n) is 4.57. The first-order valence-corrected chi connectivity index (χ1v) is 11.4. The van der Waals surface area contributed by atoms with Crippen molar-refractivity contribution >= 4 is 31.9 Å². The van der Waals surface area contributed by atoms with Crippen molar-refractivity contribution in [3.8, 4) is 0 Å². The average molecular weight is 467 g/mol. The maximum absolute atomic E-state index is 12.8. The molecule has 0 aliphatic carbocycles. The molecule has 150 valence electrons. The molecule has 6 nitrogen and oxygen atoms in total. The summed E-state index contributed by atoms with van der Waals surface area (Å²) in [5.74, 6) is -0.311. The molecule has 0 unspecified atom stereocenters. The molecule has 1 saturated heterocycles. The van der Waals surface area contributed by atoms with Crippen molar-refractivity contribution < 1.29 is 17.9 Å². The summed E-state index contributed by atoms with van der Waals surface area (Å²) in [5, 5.41) is 2.85. The highest BCUT2D eigenvalue weighted by Gasteiger charge is 2.34. The lowest BCUT2D eigenvalue weighted by Gasteiger charge is -2.25. The lowest BCUT2D eigenvalue weighted by Crippen LogP contribution is -2.51. The van der Waals surface area contributed by atoms with Crippen molar-refractivity contribution in [2.75, 3.05) is 6.61 Å². The van der Waals surface area contributed by atoms with Gasteiger partial charge in [-0.2, -0.15) is 0 Å². The monoisotopic (exact) mass is 466 g/mol. The number of sulfonamides is 1. The molecule has 28 heavy (non-hydrogen) atoms. The Morgan fingerprint density at radius 3 is 2.50 bits per heavy atom. The van der Waals surface area contributed by atoms with Gasteiger partial charge in [0.2, 0.25) is 10.0 Å². The molecule has 2 atom stereocenters. The maximum Gasteiger partial charge on any atom is 0.251 e. The Labute approximate surface area is 173 Å². The first-order valence-electron chi connectivity index (χ1n) is 9.17. The minimum Gasteiger partial charge on any atom is -0.367 e. The number of hydrogen-bond acceptors (Lipinski definition) is 4. The second kappa shape index (κ2) is 9.65. The summed E-state index contributed by atoms with van der Waals surface area (Å²) < 4.78 is 34.7. The Balaban J connectivity index is 1.71. The standard InChI is InChI=1S/C20H23BrN2O4S/c21-16-9-11-17(12-10-16)28(25,26)23-18-8-4-5-13-27-19(18)20(24)22-14-15-6-2-1-3-7-15/h1-3,6-7,9-12,18-19,23H,4-5,8,13-14H2,(H,22,24)/t18-,19+/m0/s1. The van der Waals surface area contributed by atoms with Gasteiger partial charge >= 0.3 is 0 Å². The minimum atomic E-state index is -3.76. The molecule has 0 bridgehead atoms. The van der Waals surface area contributed by atoms with Gasteiger partial charge in [0.1, 0.15) is 0 Å². The van der Waals surface area contributed by atoms with Crippen LogP contribution in [0, 0.1) is 0 Å². The zero-order valence-electron chi connectivity index (χ0n) is 15.3. The van der Waals surface area contributed by atoms with Gasteiger partial charge in [0.05, 0.1) is 10.9 Å². The zero-order chi connectivity index (χ0) is 20.0. The van der Waals surface area contributed by atoms with Crippen LogP contribution in [0.25, 0.3) is 0 Å². The smallest absolute Gasteiger partial charge is 0.251 e. The molecule has 8 heteroatoms. The van der Waals surface area contributed by atoms with Crippen LogP contribution in [0.3, 0.4) is 0 Å². The van der Waals surface area contributed by atoms with E-state index < -0.39 is 22.2 Å². The number of carbonyl (C=O) groups excluding carboxylic acids is 1. The minimum absolute atomic E-state index is 0.156. The molecular weight excluding hydrogens is 444 g/mol. The molecule has 3 rings (SSSR count). The second-order valence-corrected chi connectivity index (χ2v) is 9.30. The largest absolute Gasteiger partial charge is 0.367 e. The van der Waals surface area contributed by atoms with Crippen molar-refractivity contribution in [1.82, 2.24) is 10.0 Å². The van der Waals surface area contributed by atoms with E-state index in [1.807, 2.05) is 30.3 Å². The molecule has 0 aromatic heterocycles. The molecule has 1 amide bonds. The molecule has 1 heterocycles. The highest BCUT2D eigenvalue weighted by molar-refractivity contribution is 9.10. The summed E-state index contributed by atoms with van der Waals surface area (Å²) in [6.07, 6.45) is 1.25. The summed E-state index contributed by atoms with van der Waals surface area (Å²) >= 11 is 3.30. The van der Waals surface area contributed by atoms with E-state index in [9.17, 15) is 13.2 Å². The van der Waals surface area contributed by atoms with Crippen LogP contribution in [-0.2, 0) is 26.1 Å². The quantitative estimate of drug-likeness (QED) is 0.685. The van der Waals surface area contributed by atoms with E-state index in [2.05, 4.69) is 26.0 Å². The molecule has 0 saturated carbocycles. The SMILES string of the molecule is O=C(NCc1ccccc1)[C@@H]1OCCCC[C@@H]1NS(=O)(=O)c1ccc(Br)cc1. The van der Waals surface area contributed by atoms with Gasteiger partial charge < -0.3 is 10.1 Å². The molecule has 1 fully saturated rings. The van der Waals surface area contributed by atoms with Crippen LogP contribution in [0.2, 0.25) is 0 Å². The Morgan fingerprint density at radius 2 is 1.79 bits per heavy atom. The van der Waals surface area contributed by atoms with Crippen LogP contribution in [-0.4, -0.2) is 33.1 Å². The number of benzene rings is 2. The number of ether oxygens (including phenoxy) is 1. The first kappa shape index (κ1) is 21.0. The van der Waals surface area contributed by atoms with Crippen LogP contribution >= 0.6 is 15.9 Å². The summed E-state index contributed by atoms with van der Waals surface area (Å²) in [4.78, 5) is 12.9. The number of amides is 1. The van der Waals surface area contributed by atoms with Crippen molar-refractivity contribution in [3.63, 3.8) is 0 Å². The average Bonchev–Trinajstić information content (AvgIpc) is 2.92. The van der Waals surface area contributed by atoms with Crippen molar-refractivity contribution in [2.24, 2.45) is 0 Å². The van der Waals surface area contributed by atoms with Gasteiger partial charge in [-0.05, 0) is 49.1 Å². The van der Waals surface area contributed by atoms with E-state index in [-0.39, 0.29) is 10.8 Å². The third kappa shape index (κ3) is 5.64. The van der Waals surface area contributed by atoms with E-state index in [1.165, 1.54) is 12.1 Å². The fourth-order valence-corrected chi connectivity index (χ4v) is 4.62. The molecule has 0 radical (unpaired) electrons. The van der Waals surface area contributed by atoms with E-state index in [0.717, 1.165) is 22.9 Å². The molecular formula is C20H23BrN2O4S.